The fourth-order valence-electron chi connectivity index (χ4n) is 2.59. The molecule has 2 rings (SSSR count). The zero-order valence-corrected chi connectivity index (χ0v) is 12.8. The number of aryl methyl sites for hydroxylation is 2. The van der Waals surface area contributed by atoms with Gasteiger partial charge in [0.2, 0.25) is 0 Å². The van der Waals surface area contributed by atoms with Gasteiger partial charge in [0.15, 0.2) is 0 Å². The summed E-state index contributed by atoms with van der Waals surface area (Å²) in [5, 5.41) is 10.1. The Kier molecular flexibility index (Phi) is 5.40. The molecule has 0 spiro atoms. The molecule has 1 aliphatic heterocycles. The molecule has 1 saturated heterocycles. The quantitative estimate of drug-likeness (QED) is 0.880. The van der Waals surface area contributed by atoms with Crippen LogP contribution in [-0.2, 0) is 0 Å². The van der Waals surface area contributed by atoms with E-state index in [4.69, 9.17) is 4.74 Å². The first-order valence-electron chi connectivity index (χ1n) is 7.33. The van der Waals surface area contributed by atoms with Crippen LogP contribution in [0.3, 0.4) is 0 Å². The maximum Gasteiger partial charge on any atom is 0.119 e. The third kappa shape index (κ3) is 4.78. The van der Waals surface area contributed by atoms with E-state index in [1.807, 2.05) is 12.1 Å². The van der Waals surface area contributed by atoms with Crippen molar-refractivity contribution >= 4 is 0 Å². The summed E-state index contributed by atoms with van der Waals surface area (Å²) in [6.45, 7) is 9.36. The Balaban J connectivity index is 1.75. The highest BCUT2D eigenvalue weighted by Crippen LogP contribution is 2.16. The summed E-state index contributed by atoms with van der Waals surface area (Å²) in [6.07, 6.45) is -0.431. The van der Waals surface area contributed by atoms with Crippen molar-refractivity contribution in [2.75, 3.05) is 46.4 Å². The average molecular weight is 278 g/mol. The number of nitrogens with zero attached hydrogens (tertiary/aromatic N) is 2. The van der Waals surface area contributed by atoms with Gasteiger partial charge in [-0.15, -0.1) is 0 Å². The van der Waals surface area contributed by atoms with Gasteiger partial charge in [-0.1, -0.05) is 6.07 Å². The molecule has 0 saturated carbocycles. The van der Waals surface area contributed by atoms with Gasteiger partial charge in [-0.2, -0.15) is 0 Å². The SMILES string of the molecule is Cc1cc(C)cc(OCC(O)CN2CCN(C)CC2)c1. The molecule has 0 aromatic heterocycles. The van der Waals surface area contributed by atoms with Crippen LogP contribution in [0.5, 0.6) is 5.75 Å². The van der Waals surface area contributed by atoms with Crippen molar-refractivity contribution in [2.24, 2.45) is 0 Å². The molecule has 1 aromatic carbocycles. The van der Waals surface area contributed by atoms with E-state index in [-0.39, 0.29) is 0 Å². The minimum Gasteiger partial charge on any atom is -0.491 e. The Morgan fingerprint density at radius 1 is 1.10 bits per heavy atom. The van der Waals surface area contributed by atoms with Crippen LogP contribution in [0.25, 0.3) is 0 Å². The topological polar surface area (TPSA) is 35.9 Å². The van der Waals surface area contributed by atoms with E-state index in [0.717, 1.165) is 31.9 Å². The number of rotatable bonds is 5. The normalized spacial score (nSPS) is 19.0. The molecule has 0 aliphatic carbocycles. The van der Waals surface area contributed by atoms with Crippen molar-refractivity contribution in [3.8, 4) is 5.75 Å². The lowest BCUT2D eigenvalue weighted by Crippen LogP contribution is -2.47. The molecule has 4 nitrogen and oxygen atoms in total. The summed E-state index contributed by atoms with van der Waals surface area (Å²) in [4.78, 5) is 4.62. The molecule has 0 amide bonds. The summed E-state index contributed by atoms with van der Waals surface area (Å²) in [5.41, 5.74) is 2.38. The van der Waals surface area contributed by atoms with Crippen molar-refractivity contribution in [1.29, 1.82) is 0 Å². The van der Waals surface area contributed by atoms with Crippen LogP contribution in [-0.4, -0.2) is 67.4 Å². The summed E-state index contributed by atoms with van der Waals surface area (Å²) in [7, 11) is 2.14. The van der Waals surface area contributed by atoms with E-state index in [1.165, 1.54) is 11.1 Å². The van der Waals surface area contributed by atoms with Crippen molar-refractivity contribution in [1.82, 2.24) is 9.80 Å². The van der Waals surface area contributed by atoms with Crippen LogP contribution in [0, 0.1) is 13.8 Å². The Bertz CT molecular complexity index is 408. The molecule has 1 N–H and O–H groups in total. The fourth-order valence-corrected chi connectivity index (χ4v) is 2.59. The minimum absolute atomic E-state index is 0.356. The number of hydrogen-bond donors (Lipinski definition) is 1. The molecular formula is C16H26N2O2. The monoisotopic (exact) mass is 278 g/mol. The number of aliphatic hydroxyl groups is 1. The lowest BCUT2D eigenvalue weighted by molar-refractivity contribution is 0.0504. The number of piperazine rings is 1. The Morgan fingerprint density at radius 3 is 2.30 bits per heavy atom. The van der Waals surface area contributed by atoms with Gasteiger partial charge in [0.25, 0.3) is 0 Å². The van der Waals surface area contributed by atoms with Gasteiger partial charge < -0.3 is 14.7 Å². The first-order valence-corrected chi connectivity index (χ1v) is 7.33. The van der Waals surface area contributed by atoms with Gasteiger partial charge >= 0.3 is 0 Å². The molecule has 112 valence electrons. The Labute approximate surface area is 122 Å². The number of ether oxygens (including phenoxy) is 1. The molecule has 1 atom stereocenters. The standard InChI is InChI=1S/C16H26N2O2/c1-13-8-14(2)10-16(9-13)20-12-15(19)11-18-6-4-17(3)5-7-18/h8-10,15,19H,4-7,11-12H2,1-3H3. The first-order chi connectivity index (χ1) is 9.52. The highest BCUT2D eigenvalue weighted by atomic mass is 16.5. The molecule has 4 heteroatoms. The van der Waals surface area contributed by atoms with Crippen molar-refractivity contribution in [3.63, 3.8) is 0 Å². The number of likely N-dealkylation sites (N-methyl/N-ethyl adjacent to an activating group) is 1. The maximum absolute atomic E-state index is 10.1. The predicted octanol–water partition coefficient (Wildman–Crippen LogP) is 1.29. The van der Waals surface area contributed by atoms with Gasteiger partial charge in [0.1, 0.15) is 18.5 Å². The highest BCUT2D eigenvalue weighted by molar-refractivity contribution is 5.32. The van der Waals surface area contributed by atoms with E-state index in [2.05, 4.69) is 36.8 Å². The lowest BCUT2D eigenvalue weighted by Gasteiger charge is -2.33. The molecule has 0 radical (unpaired) electrons. The van der Waals surface area contributed by atoms with Crippen LogP contribution in [0.4, 0.5) is 0 Å². The molecule has 1 aromatic rings. The minimum atomic E-state index is -0.431. The smallest absolute Gasteiger partial charge is 0.119 e. The first kappa shape index (κ1) is 15.3. The van der Waals surface area contributed by atoms with E-state index in [9.17, 15) is 5.11 Å². The second-order valence-corrected chi connectivity index (χ2v) is 5.89. The van der Waals surface area contributed by atoms with E-state index in [1.54, 1.807) is 0 Å². The molecule has 1 fully saturated rings. The number of benzene rings is 1. The van der Waals surface area contributed by atoms with Crippen molar-refractivity contribution < 1.29 is 9.84 Å². The maximum atomic E-state index is 10.1. The Morgan fingerprint density at radius 2 is 1.70 bits per heavy atom. The van der Waals surface area contributed by atoms with E-state index >= 15 is 0 Å². The molecule has 1 aliphatic rings. The second-order valence-electron chi connectivity index (χ2n) is 5.89. The fraction of sp³-hybridized carbons (Fsp3) is 0.625. The second kappa shape index (κ2) is 7.07. The molecule has 0 bridgehead atoms. The number of hydrogen-bond acceptors (Lipinski definition) is 4. The number of β-amino-alcohol motifs (C(OH)–C–C–N with tert-alkyl or cyclic N) is 1. The van der Waals surface area contributed by atoms with Crippen molar-refractivity contribution in [3.05, 3.63) is 29.3 Å². The van der Waals surface area contributed by atoms with Crippen LogP contribution >= 0.6 is 0 Å². The van der Waals surface area contributed by atoms with Crippen molar-refractivity contribution in [2.45, 2.75) is 20.0 Å². The van der Waals surface area contributed by atoms with Gasteiger partial charge in [-0.3, -0.25) is 4.90 Å². The number of aliphatic hydroxyl groups excluding tert-OH is 1. The molecule has 1 heterocycles. The van der Waals surface area contributed by atoms with E-state index < -0.39 is 6.10 Å². The van der Waals surface area contributed by atoms with Crippen LogP contribution in [0.1, 0.15) is 11.1 Å². The Hall–Kier alpha value is -1.10. The molecule has 20 heavy (non-hydrogen) atoms. The summed E-state index contributed by atoms with van der Waals surface area (Å²) in [6, 6.07) is 6.14. The zero-order valence-electron chi connectivity index (χ0n) is 12.8. The van der Waals surface area contributed by atoms with Gasteiger partial charge in [-0.05, 0) is 44.2 Å². The lowest BCUT2D eigenvalue weighted by atomic mass is 10.1. The predicted molar refractivity (Wildman–Crippen MR) is 81.4 cm³/mol. The third-order valence-corrected chi connectivity index (χ3v) is 3.70. The third-order valence-electron chi connectivity index (χ3n) is 3.70. The van der Waals surface area contributed by atoms with Crippen LogP contribution in [0.2, 0.25) is 0 Å². The summed E-state index contributed by atoms with van der Waals surface area (Å²) < 4.78 is 5.71. The molecular weight excluding hydrogens is 252 g/mol. The zero-order chi connectivity index (χ0) is 14.5. The van der Waals surface area contributed by atoms with Crippen LogP contribution < -0.4 is 4.74 Å². The van der Waals surface area contributed by atoms with Crippen LogP contribution in [0.15, 0.2) is 18.2 Å². The largest absolute Gasteiger partial charge is 0.491 e. The van der Waals surface area contributed by atoms with E-state index in [0.29, 0.717) is 13.2 Å². The molecule has 1 unspecified atom stereocenters. The van der Waals surface area contributed by atoms with Gasteiger partial charge in [0, 0.05) is 32.7 Å². The highest BCUT2D eigenvalue weighted by Gasteiger charge is 2.17. The van der Waals surface area contributed by atoms with Gasteiger partial charge in [0.05, 0.1) is 0 Å². The summed E-state index contributed by atoms with van der Waals surface area (Å²) >= 11 is 0. The average Bonchev–Trinajstić information content (AvgIpc) is 2.38. The van der Waals surface area contributed by atoms with Gasteiger partial charge in [-0.25, -0.2) is 0 Å². The summed E-state index contributed by atoms with van der Waals surface area (Å²) in [5.74, 6) is 0.847.